The van der Waals surface area contributed by atoms with E-state index >= 15 is 0 Å². The monoisotopic (exact) mass is 435 g/mol. The average molecular weight is 436 g/mol. The third-order valence-corrected chi connectivity index (χ3v) is 6.97. The van der Waals surface area contributed by atoms with E-state index in [1.54, 1.807) is 18.2 Å². The van der Waals surface area contributed by atoms with Crippen LogP contribution in [0.5, 0.6) is 5.75 Å². The summed E-state index contributed by atoms with van der Waals surface area (Å²) in [6.07, 6.45) is 13.0. The lowest BCUT2D eigenvalue weighted by molar-refractivity contribution is 0.0734. The van der Waals surface area contributed by atoms with Crippen LogP contribution in [0, 0.1) is 22.6 Å². The van der Waals surface area contributed by atoms with Crippen LogP contribution in [0.15, 0.2) is 42.5 Å². The number of hydrogen-bond donors (Lipinski definition) is 0. The fourth-order valence-electron chi connectivity index (χ4n) is 4.76. The van der Waals surface area contributed by atoms with Crippen molar-refractivity contribution in [1.29, 1.82) is 5.26 Å². The van der Waals surface area contributed by atoms with Crippen LogP contribution in [0.25, 0.3) is 0 Å². The zero-order valence-corrected chi connectivity index (χ0v) is 19.3. The topological polar surface area (TPSA) is 50.1 Å². The quantitative estimate of drug-likeness (QED) is 0.228. The molecule has 0 N–H and O–H groups in total. The van der Waals surface area contributed by atoms with Crippen molar-refractivity contribution in [3.63, 3.8) is 0 Å². The van der Waals surface area contributed by atoms with Gasteiger partial charge in [0.25, 0.3) is 0 Å². The van der Waals surface area contributed by atoms with Crippen LogP contribution < -0.4 is 4.74 Å². The molecule has 0 spiro atoms. The smallest absolute Gasteiger partial charge is 0.343 e. The Kier molecular flexibility index (Phi) is 8.45. The zero-order valence-electron chi connectivity index (χ0n) is 19.3. The van der Waals surface area contributed by atoms with Crippen molar-refractivity contribution < 1.29 is 13.9 Å². The van der Waals surface area contributed by atoms with Crippen molar-refractivity contribution in [2.45, 2.75) is 84.0 Å². The molecule has 0 heterocycles. The Balaban J connectivity index is 1.51. The summed E-state index contributed by atoms with van der Waals surface area (Å²) in [6.45, 7) is 4.71. The van der Waals surface area contributed by atoms with Gasteiger partial charge in [0, 0.05) is 6.07 Å². The first kappa shape index (κ1) is 24.0. The molecule has 2 aromatic carbocycles. The lowest BCUT2D eigenvalue weighted by Gasteiger charge is -2.38. The first-order valence-electron chi connectivity index (χ1n) is 12.0. The Hall–Kier alpha value is -2.67. The maximum Gasteiger partial charge on any atom is 0.343 e. The van der Waals surface area contributed by atoms with Crippen LogP contribution in [0.3, 0.4) is 0 Å². The summed E-state index contributed by atoms with van der Waals surface area (Å²) in [5.41, 5.74) is 2.11. The highest BCUT2D eigenvalue weighted by Crippen LogP contribution is 2.45. The van der Waals surface area contributed by atoms with Crippen LogP contribution in [0.2, 0.25) is 0 Å². The molecule has 1 fully saturated rings. The van der Waals surface area contributed by atoms with E-state index in [4.69, 9.17) is 10.00 Å². The van der Waals surface area contributed by atoms with E-state index in [0.29, 0.717) is 16.9 Å². The van der Waals surface area contributed by atoms with Crippen molar-refractivity contribution >= 4 is 5.97 Å². The maximum absolute atomic E-state index is 13.7. The van der Waals surface area contributed by atoms with Gasteiger partial charge in [0.1, 0.15) is 17.6 Å². The van der Waals surface area contributed by atoms with E-state index < -0.39 is 11.8 Å². The molecule has 0 aromatic heterocycles. The molecule has 1 aliphatic rings. The molecular formula is C28H34FNO2. The molecule has 0 amide bonds. The molecule has 0 atom stereocenters. The number of nitriles is 1. The number of carbonyl (C=O) groups is 1. The highest BCUT2D eigenvalue weighted by Gasteiger charge is 2.31. The minimum atomic E-state index is -0.696. The molecule has 0 bridgehead atoms. The van der Waals surface area contributed by atoms with Gasteiger partial charge < -0.3 is 4.74 Å². The highest BCUT2D eigenvalue weighted by atomic mass is 19.1. The molecule has 0 aliphatic heterocycles. The number of ether oxygens (including phenoxy) is 1. The summed E-state index contributed by atoms with van der Waals surface area (Å²) in [5.74, 6) is -0.587. The number of esters is 1. The predicted octanol–water partition coefficient (Wildman–Crippen LogP) is 7.94. The molecule has 1 saturated carbocycles. The van der Waals surface area contributed by atoms with E-state index in [-0.39, 0.29) is 11.3 Å². The Morgan fingerprint density at radius 3 is 2.41 bits per heavy atom. The summed E-state index contributed by atoms with van der Waals surface area (Å²) in [5, 5.41) is 8.80. The second-order valence-corrected chi connectivity index (χ2v) is 9.51. The molecule has 0 unspecified atom stereocenters. The zero-order chi connectivity index (χ0) is 23.0. The first-order chi connectivity index (χ1) is 15.4. The van der Waals surface area contributed by atoms with Crippen LogP contribution >= 0.6 is 0 Å². The third-order valence-electron chi connectivity index (χ3n) is 6.97. The fourth-order valence-corrected chi connectivity index (χ4v) is 4.76. The molecule has 0 saturated heterocycles. The van der Waals surface area contributed by atoms with Gasteiger partial charge in [-0.25, -0.2) is 9.18 Å². The molecule has 2 aromatic rings. The van der Waals surface area contributed by atoms with Gasteiger partial charge in [-0.05, 0) is 73.3 Å². The molecule has 3 nitrogen and oxygen atoms in total. The summed E-state index contributed by atoms with van der Waals surface area (Å²) in [7, 11) is 0. The maximum atomic E-state index is 13.7. The summed E-state index contributed by atoms with van der Waals surface area (Å²) in [6, 6.07) is 13.2. The van der Waals surface area contributed by atoms with Gasteiger partial charge in [-0.3, -0.25) is 0 Å². The Morgan fingerprint density at radius 2 is 1.78 bits per heavy atom. The molecule has 4 heteroatoms. The number of hydrogen-bond acceptors (Lipinski definition) is 3. The van der Waals surface area contributed by atoms with Gasteiger partial charge in [0.15, 0.2) is 0 Å². The number of benzene rings is 2. The molecule has 3 rings (SSSR count). The summed E-state index contributed by atoms with van der Waals surface area (Å²) >= 11 is 0. The Morgan fingerprint density at radius 1 is 1.09 bits per heavy atom. The molecule has 170 valence electrons. The number of carbonyl (C=O) groups excluding carboxylic acids is 1. The van der Waals surface area contributed by atoms with E-state index in [1.807, 2.05) is 12.1 Å². The molecule has 32 heavy (non-hydrogen) atoms. The molecule has 0 radical (unpaired) electrons. The number of halogens is 1. The van der Waals surface area contributed by atoms with Crippen molar-refractivity contribution in [3.8, 4) is 11.8 Å². The van der Waals surface area contributed by atoms with Crippen molar-refractivity contribution in [1.82, 2.24) is 0 Å². The largest absolute Gasteiger partial charge is 0.423 e. The van der Waals surface area contributed by atoms with Crippen molar-refractivity contribution in [2.24, 2.45) is 5.41 Å². The lowest BCUT2D eigenvalue weighted by atomic mass is 9.68. The second kappa shape index (κ2) is 11.3. The number of nitrogens with zero attached hydrogens (tertiary/aromatic N) is 1. The van der Waals surface area contributed by atoms with Crippen LogP contribution in [-0.4, -0.2) is 5.97 Å². The SMILES string of the molecule is CCCCCCCC1(C)CCC(c2ccc(C(=O)Oc3ccc(C#N)c(F)c3)cc2)CC1. The second-order valence-electron chi connectivity index (χ2n) is 9.51. The van der Waals surface area contributed by atoms with Gasteiger partial charge in [-0.2, -0.15) is 5.26 Å². The Bertz CT molecular complexity index is 937. The minimum Gasteiger partial charge on any atom is -0.423 e. The summed E-state index contributed by atoms with van der Waals surface area (Å²) < 4.78 is 19.0. The predicted molar refractivity (Wildman–Crippen MR) is 125 cm³/mol. The van der Waals surface area contributed by atoms with Gasteiger partial charge in [-0.15, -0.1) is 0 Å². The fraction of sp³-hybridized carbons (Fsp3) is 0.500. The first-order valence-corrected chi connectivity index (χ1v) is 12.0. The van der Waals surface area contributed by atoms with E-state index in [0.717, 1.165) is 6.07 Å². The standard InChI is InChI=1S/C28H34FNO2/c1-3-4-5-6-7-16-28(2)17-14-22(15-18-28)21-8-10-23(11-9-21)27(31)32-25-13-12-24(20-30)26(29)19-25/h8-13,19,22H,3-7,14-18H2,1-2H3. The van der Waals surface area contributed by atoms with Crippen molar-refractivity contribution in [2.75, 3.05) is 0 Å². The third kappa shape index (κ3) is 6.42. The average Bonchev–Trinajstić information content (AvgIpc) is 2.80. The molecular weight excluding hydrogens is 401 g/mol. The molecule has 1 aliphatic carbocycles. The van der Waals surface area contributed by atoms with E-state index in [2.05, 4.69) is 13.8 Å². The lowest BCUT2D eigenvalue weighted by Crippen LogP contribution is -2.23. The minimum absolute atomic E-state index is 0.0748. The van der Waals surface area contributed by atoms with Crippen molar-refractivity contribution in [3.05, 3.63) is 65.0 Å². The van der Waals surface area contributed by atoms with Gasteiger partial charge in [-0.1, -0.05) is 58.1 Å². The van der Waals surface area contributed by atoms with Gasteiger partial charge in [0.2, 0.25) is 0 Å². The number of rotatable bonds is 9. The van der Waals surface area contributed by atoms with Gasteiger partial charge in [0.05, 0.1) is 11.1 Å². The van der Waals surface area contributed by atoms with E-state index in [1.165, 1.54) is 81.9 Å². The van der Waals surface area contributed by atoms with Crippen LogP contribution in [0.4, 0.5) is 4.39 Å². The van der Waals surface area contributed by atoms with E-state index in [9.17, 15) is 9.18 Å². The van der Waals surface area contributed by atoms with Crippen LogP contribution in [0.1, 0.15) is 105 Å². The summed E-state index contributed by atoms with van der Waals surface area (Å²) in [4.78, 5) is 12.4. The van der Waals surface area contributed by atoms with Crippen LogP contribution in [-0.2, 0) is 0 Å². The van der Waals surface area contributed by atoms with Gasteiger partial charge >= 0.3 is 5.97 Å². The number of unbranched alkanes of at least 4 members (excludes halogenated alkanes) is 4. The highest BCUT2D eigenvalue weighted by molar-refractivity contribution is 5.91. The normalized spacial score (nSPS) is 20.5. The Labute approximate surface area is 191 Å².